The van der Waals surface area contributed by atoms with Crippen LogP contribution in [0.3, 0.4) is 0 Å². The van der Waals surface area contributed by atoms with Gasteiger partial charge in [0.2, 0.25) is 5.88 Å². The summed E-state index contributed by atoms with van der Waals surface area (Å²) in [5, 5.41) is 2.81. The summed E-state index contributed by atoms with van der Waals surface area (Å²) >= 11 is 0. The lowest BCUT2D eigenvalue weighted by atomic mass is 10.1. The van der Waals surface area contributed by atoms with Crippen molar-refractivity contribution in [3.63, 3.8) is 0 Å². The zero-order chi connectivity index (χ0) is 18.6. The monoisotopic (exact) mass is 365 g/mol. The normalized spacial score (nSPS) is 14.7. The number of benzene rings is 1. The molecule has 1 saturated heterocycles. The maximum atomic E-state index is 12.7. The number of likely N-dealkylation sites (tertiary alicyclic amines) is 1. The Morgan fingerprint density at radius 2 is 1.96 bits per heavy atom. The van der Waals surface area contributed by atoms with Gasteiger partial charge in [-0.15, -0.1) is 0 Å². The number of rotatable bonds is 5. The first-order chi connectivity index (χ1) is 12.4. The first-order valence-electron chi connectivity index (χ1n) is 8.18. The Labute approximate surface area is 148 Å². The van der Waals surface area contributed by atoms with Crippen molar-refractivity contribution in [1.82, 2.24) is 15.2 Å². The van der Waals surface area contributed by atoms with E-state index in [0.29, 0.717) is 19.6 Å². The van der Waals surface area contributed by atoms with Crippen molar-refractivity contribution in [2.45, 2.75) is 18.7 Å². The number of carbonyl (C=O) groups excluding carboxylic acids is 1. The predicted octanol–water partition coefficient (Wildman–Crippen LogP) is 3.12. The van der Waals surface area contributed by atoms with Gasteiger partial charge >= 0.3 is 12.2 Å². The lowest BCUT2D eigenvalue weighted by Crippen LogP contribution is -2.59. The second kappa shape index (κ2) is 7.63. The molecule has 8 heteroatoms. The molecule has 2 aromatic rings. The van der Waals surface area contributed by atoms with Gasteiger partial charge in [-0.25, -0.2) is 9.78 Å². The average Bonchev–Trinajstić information content (AvgIpc) is 2.58. The van der Waals surface area contributed by atoms with Crippen LogP contribution in [0, 0.1) is 0 Å². The minimum absolute atomic E-state index is 0.0889. The summed E-state index contributed by atoms with van der Waals surface area (Å²) in [5.41, 5.74) is 0.325. The van der Waals surface area contributed by atoms with Gasteiger partial charge in [0.1, 0.15) is 6.10 Å². The number of pyridine rings is 1. The highest BCUT2D eigenvalue weighted by Crippen LogP contribution is 2.30. The van der Waals surface area contributed by atoms with Crippen LogP contribution >= 0.6 is 0 Å². The molecule has 0 aliphatic carbocycles. The Kier molecular flexibility index (Phi) is 5.29. The standard InChI is InChI=1S/C18H18F3N3O2/c19-18(20,21)14-7-9-22-16(10-14)26-15-11-24(12-15)17(25)23-8-6-13-4-2-1-3-5-13/h1-5,7,9-10,15H,6,8,11-12H2,(H,23,25). The summed E-state index contributed by atoms with van der Waals surface area (Å²) in [6, 6.07) is 11.3. The van der Waals surface area contributed by atoms with Gasteiger partial charge in [-0.1, -0.05) is 30.3 Å². The van der Waals surface area contributed by atoms with Gasteiger partial charge in [-0.05, 0) is 18.1 Å². The lowest BCUT2D eigenvalue weighted by molar-refractivity contribution is -0.137. The number of hydrogen-bond acceptors (Lipinski definition) is 3. The molecule has 1 aromatic carbocycles. The Hall–Kier alpha value is -2.77. The van der Waals surface area contributed by atoms with Crippen molar-refractivity contribution >= 4 is 6.03 Å². The zero-order valence-electron chi connectivity index (χ0n) is 13.9. The van der Waals surface area contributed by atoms with Crippen LogP contribution in [0.25, 0.3) is 0 Å². The van der Waals surface area contributed by atoms with E-state index in [1.54, 1.807) is 4.90 Å². The number of carbonyl (C=O) groups is 1. The SMILES string of the molecule is O=C(NCCc1ccccc1)N1CC(Oc2cc(C(F)(F)F)ccn2)C1. The Morgan fingerprint density at radius 1 is 1.23 bits per heavy atom. The smallest absolute Gasteiger partial charge is 0.416 e. The van der Waals surface area contributed by atoms with E-state index in [1.165, 1.54) is 0 Å². The summed E-state index contributed by atoms with van der Waals surface area (Å²) in [7, 11) is 0. The van der Waals surface area contributed by atoms with Gasteiger partial charge in [0.25, 0.3) is 0 Å². The molecule has 2 amide bonds. The Balaban J connectivity index is 1.40. The molecule has 3 rings (SSSR count). The molecular weight excluding hydrogens is 347 g/mol. The molecule has 0 spiro atoms. The molecule has 0 radical (unpaired) electrons. The quantitative estimate of drug-likeness (QED) is 0.886. The van der Waals surface area contributed by atoms with Gasteiger partial charge in [-0.2, -0.15) is 13.2 Å². The molecule has 1 N–H and O–H groups in total. The molecule has 1 aromatic heterocycles. The maximum absolute atomic E-state index is 12.7. The van der Waals surface area contributed by atoms with Crippen LogP contribution in [-0.4, -0.2) is 41.7 Å². The largest absolute Gasteiger partial charge is 0.471 e. The first kappa shape index (κ1) is 18.0. The number of nitrogens with one attached hydrogen (secondary N) is 1. The van der Waals surface area contributed by atoms with Crippen molar-refractivity contribution < 1.29 is 22.7 Å². The fourth-order valence-corrected chi connectivity index (χ4v) is 2.57. The fraction of sp³-hybridized carbons (Fsp3) is 0.333. The minimum atomic E-state index is -4.44. The molecule has 0 atom stereocenters. The van der Waals surface area contributed by atoms with E-state index in [0.717, 1.165) is 30.3 Å². The van der Waals surface area contributed by atoms with E-state index in [9.17, 15) is 18.0 Å². The highest BCUT2D eigenvalue weighted by molar-refractivity contribution is 5.75. The molecule has 0 unspecified atom stereocenters. The zero-order valence-corrected chi connectivity index (χ0v) is 13.9. The highest BCUT2D eigenvalue weighted by Gasteiger charge is 2.34. The van der Waals surface area contributed by atoms with E-state index < -0.39 is 11.7 Å². The summed E-state index contributed by atoms with van der Waals surface area (Å²) in [4.78, 5) is 17.3. The third-order valence-corrected chi connectivity index (χ3v) is 4.02. The highest BCUT2D eigenvalue weighted by atomic mass is 19.4. The van der Waals surface area contributed by atoms with Gasteiger partial charge in [0.05, 0.1) is 18.7 Å². The number of aromatic nitrogens is 1. The molecule has 5 nitrogen and oxygen atoms in total. The van der Waals surface area contributed by atoms with Gasteiger partial charge in [0, 0.05) is 18.8 Å². The van der Waals surface area contributed by atoms with E-state index in [1.807, 2.05) is 30.3 Å². The van der Waals surface area contributed by atoms with Crippen molar-refractivity contribution in [3.8, 4) is 5.88 Å². The summed E-state index contributed by atoms with van der Waals surface area (Å²) < 4.78 is 43.4. The second-order valence-electron chi connectivity index (χ2n) is 5.99. The van der Waals surface area contributed by atoms with Crippen molar-refractivity contribution in [1.29, 1.82) is 0 Å². The van der Waals surface area contributed by atoms with E-state index >= 15 is 0 Å². The van der Waals surface area contributed by atoms with Crippen molar-refractivity contribution in [2.24, 2.45) is 0 Å². The third kappa shape index (κ3) is 4.65. The first-order valence-corrected chi connectivity index (χ1v) is 8.18. The number of hydrogen-bond donors (Lipinski definition) is 1. The number of ether oxygens (including phenoxy) is 1. The Bertz CT molecular complexity index is 747. The lowest BCUT2D eigenvalue weighted by Gasteiger charge is -2.38. The minimum Gasteiger partial charge on any atom is -0.471 e. The second-order valence-corrected chi connectivity index (χ2v) is 5.99. The summed E-state index contributed by atoms with van der Waals surface area (Å²) in [6.07, 6.45) is -3.00. The number of urea groups is 1. The van der Waals surface area contributed by atoms with Gasteiger partial charge < -0.3 is 15.0 Å². The van der Waals surface area contributed by atoms with Crippen molar-refractivity contribution in [3.05, 3.63) is 59.8 Å². The molecule has 0 bridgehead atoms. The molecule has 0 saturated carbocycles. The average molecular weight is 365 g/mol. The van der Waals surface area contributed by atoms with Gasteiger partial charge in [0.15, 0.2) is 0 Å². The van der Waals surface area contributed by atoms with E-state index in [2.05, 4.69) is 10.3 Å². The van der Waals surface area contributed by atoms with Crippen LogP contribution in [0.2, 0.25) is 0 Å². The van der Waals surface area contributed by atoms with Crippen LogP contribution in [0.1, 0.15) is 11.1 Å². The van der Waals surface area contributed by atoms with Crippen LogP contribution < -0.4 is 10.1 Å². The number of halogens is 3. The molecule has 1 fully saturated rings. The molecule has 1 aliphatic heterocycles. The van der Waals surface area contributed by atoms with Crippen LogP contribution in [0.15, 0.2) is 48.7 Å². The van der Waals surface area contributed by atoms with Gasteiger partial charge in [-0.3, -0.25) is 0 Å². The van der Waals surface area contributed by atoms with Crippen LogP contribution in [-0.2, 0) is 12.6 Å². The molecule has 26 heavy (non-hydrogen) atoms. The molecule has 1 aliphatic rings. The number of nitrogens with zero attached hydrogens (tertiary/aromatic N) is 2. The fourth-order valence-electron chi connectivity index (χ4n) is 2.57. The third-order valence-electron chi connectivity index (χ3n) is 4.02. The number of amides is 2. The maximum Gasteiger partial charge on any atom is 0.416 e. The van der Waals surface area contributed by atoms with Crippen LogP contribution in [0.4, 0.5) is 18.0 Å². The Morgan fingerprint density at radius 3 is 2.65 bits per heavy atom. The summed E-state index contributed by atoms with van der Waals surface area (Å²) in [6.45, 7) is 1.14. The van der Waals surface area contributed by atoms with E-state index in [4.69, 9.17) is 4.74 Å². The van der Waals surface area contributed by atoms with E-state index in [-0.39, 0.29) is 18.0 Å². The molecular formula is C18H18F3N3O2. The number of alkyl halides is 3. The topological polar surface area (TPSA) is 54.5 Å². The van der Waals surface area contributed by atoms with Crippen molar-refractivity contribution in [2.75, 3.05) is 19.6 Å². The molecule has 138 valence electrons. The molecule has 2 heterocycles. The summed E-state index contributed by atoms with van der Waals surface area (Å²) in [5.74, 6) is -0.0889. The predicted molar refractivity (Wildman–Crippen MR) is 88.8 cm³/mol. The van der Waals surface area contributed by atoms with Crippen LogP contribution in [0.5, 0.6) is 5.88 Å².